The smallest absolute Gasteiger partial charge is 0.260 e. The van der Waals surface area contributed by atoms with Crippen LogP contribution in [0.1, 0.15) is 11.1 Å². The van der Waals surface area contributed by atoms with E-state index in [4.69, 9.17) is 14.2 Å². The number of rotatable bonds is 5. The average Bonchev–Trinajstić information content (AvgIpc) is 2.65. The van der Waals surface area contributed by atoms with E-state index in [1.807, 2.05) is 17.0 Å². The molecule has 0 aromatic heterocycles. The number of nitrogens with zero attached hydrogens (tertiary/aromatic N) is 1. The zero-order valence-corrected chi connectivity index (χ0v) is 14.0. The van der Waals surface area contributed by atoms with Crippen LogP contribution in [0.3, 0.4) is 0 Å². The Morgan fingerprint density at radius 1 is 1.00 bits per heavy atom. The molecule has 0 fully saturated rings. The highest BCUT2D eigenvalue weighted by Gasteiger charge is 2.20. The average molecular weight is 327 g/mol. The van der Waals surface area contributed by atoms with Crippen LogP contribution >= 0.6 is 0 Å². The predicted octanol–water partition coefficient (Wildman–Crippen LogP) is 2.67. The Kier molecular flexibility index (Phi) is 4.89. The normalized spacial score (nSPS) is 13.2. The van der Waals surface area contributed by atoms with E-state index in [9.17, 15) is 4.79 Å². The molecule has 2 aromatic carbocycles. The second kappa shape index (κ2) is 7.25. The first-order valence-corrected chi connectivity index (χ1v) is 7.90. The highest BCUT2D eigenvalue weighted by Crippen LogP contribution is 2.27. The van der Waals surface area contributed by atoms with Crippen molar-refractivity contribution >= 4 is 5.91 Å². The molecular formula is C19H21NO4. The summed E-state index contributed by atoms with van der Waals surface area (Å²) in [6.45, 7) is 1.36. The summed E-state index contributed by atoms with van der Waals surface area (Å²) in [6, 6.07) is 13.5. The molecule has 24 heavy (non-hydrogen) atoms. The summed E-state index contributed by atoms with van der Waals surface area (Å²) >= 11 is 0. The summed E-state index contributed by atoms with van der Waals surface area (Å²) in [5.41, 5.74) is 2.53. The van der Waals surface area contributed by atoms with Crippen molar-refractivity contribution in [3.8, 4) is 17.2 Å². The first-order valence-electron chi connectivity index (χ1n) is 7.90. The Morgan fingerprint density at radius 2 is 1.62 bits per heavy atom. The molecule has 0 saturated carbocycles. The fourth-order valence-electron chi connectivity index (χ4n) is 2.81. The molecule has 0 unspecified atom stereocenters. The minimum absolute atomic E-state index is 0.00150. The lowest BCUT2D eigenvalue weighted by Gasteiger charge is -2.28. The van der Waals surface area contributed by atoms with Crippen LogP contribution in [0.15, 0.2) is 42.5 Å². The van der Waals surface area contributed by atoms with Gasteiger partial charge in [0.05, 0.1) is 14.2 Å². The van der Waals surface area contributed by atoms with Crippen molar-refractivity contribution < 1.29 is 19.0 Å². The van der Waals surface area contributed by atoms with Gasteiger partial charge in [0.1, 0.15) is 17.2 Å². The van der Waals surface area contributed by atoms with E-state index in [-0.39, 0.29) is 12.5 Å². The van der Waals surface area contributed by atoms with Crippen molar-refractivity contribution in [2.45, 2.75) is 13.0 Å². The molecule has 1 aliphatic rings. The minimum atomic E-state index is -0.0220. The molecule has 0 bridgehead atoms. The lowest BCUT2D eigenvalue weighted by molar-refractivity contribution is -0.134. The second-order valence-electron chi connectivity index (χ2n) is 5.67. The van der Waals surface area contributed by atoms with Crippen molar-refractivity contribution in [1.82, 2.24) is 4.90 Å². The molecule has 5 heteroatoms. The van der Waals surface area contributed by atoms with Crippen LogP contribution in [-0.2, 0) is 17.8 Å². The second-order valence-corrected chi connectivity index (χ2v) is 5.67. The number of methoxy groups -OCH3 is 2. The molecule has 126 valence electrons. The number of fused-ring (bicyclic) bond motifs is 1. The van der Waals surface area contributed by atoms with E-state index in [1.54, 1.807) is 32.4 Å². The molecule has 1 amide bonds. The van der Waals surface area contributed by atoms with Crippen molar-refractivity contribution in [3.63, 3.8) is 0 Å². The summed E-state index contributed by atoms with van der Waals surface area (Å²) in [6.07, 6.45) is 0.884. The molecule has 0 radical (unpaired) electrons. The van der Waals surface area contributed by atoms with Gasteiger partial charge in [0.15, 0.2) is 6.61 Å². The van der Waals surface area contributed by atoms with E-state index >= 15 is 0 Å². The molecular weight excluding hydrogens is 306 g/mol. The lowest BCUT2D eigenvalue weighted by atomic mass is 10.00. The summed E-state index contributed by atoms with van der Waals surface area (Å²) in [5, 5.41) is 0. The van der Waals surface area contributed by atoms with E-state index < -0.39 is 0 Å². The van der Waals surface area contributed by atoms with Crippen LogP contribution < -0.4 is 14.2 Å². The Morgan fingerprint density at radius 3 is 2.29 bits per heavy atom. The Hall–Kier alpha value is -2.69. The third-order valence-electron chi connectivity index (χ3n) is 4.17. The lowest BCUT2D eigenvalue weighted by Crippen LogP contribution is -2.38. The first kappa shape index (κ1) is 16.2. The number of amides is 1. The zero-order valence-electron chi connectivity index (χ0n) is 14.0. The van der Waals surface area contributed by atoms with Crippen LogP contribution in [-0.4, -0.2) is 38.2 Å². The molecule has 5 nitrogen and oxygen atoms in total. The molecule has 0 aliphatic carbocycles. The molecule has 3 rings (SSSR count). The number of ether oxygens (including phenoxy) is 3. The van der Waals surface area contributed by atoms with Crippen molar-refractivity contribution in [3.05, 3.63) is 53.6 Å². The van der Waals surface area contributed by atoms with Crippen molar-refractivity contribution in [2.24, 2.45) is 0 Å². The molecule has 1 aliphatic heterocycles. The van der Waals surface area contributed by atoms with Gasteiger partial charge in [-0.2, -0.15) is 0 Å². The topological polar surface area (TPSA) is 48.0 Å². The maximum Gasteiger partial charge on any atom is 0.260 e. The van der Waals surface area contributed by atoms with E-state index in [0.717, 1.165) is 13.0 Å². The van der Waals surface area contributed by atoms with Gasteiger partial charge in [-0.15, -0.1) is 0 Å². The zero-order chi connectivity index (χ0) is 16.9. The van der Waals surface area contributed by atoms with Gasteiger partial charge in [0.2, 0.25) is 0 Å². The molecule has 1 heterocycles. The SMILES string of the molecule is COc1cc(OC)cc(OCC(=O)N2CCc3ccccc3C2)c1. The fourth-order valence-corrected chi connectivity index (χ4v) is 2.81. The van der Waals surface area contributed by atoms with Gasteiger partial charge in [-0.05, 0) is 17.5 Å². The maximum absolute atomic E-state index is 12.4. The summed E-state index contributed by atoms with van der Waals surface area (Å²) < 4.78 is 16.1. The van der Waals surface area contributed by atoms with Gasteiger partial charge in [-0.1, -0.05) is 24.3 Å². The summed E-state index contributed by atoms with van der Waals surface area (Å²) in [5.74, 6) is 1.79. The summed E-state index contributed by atoms with van der Waals surface area (Å²) in [4.78, 5) is 14.3. The standard InChI is InChI=1S/C19H21NO4/c1-22-16-9-17(23-2)11-18(10-16)24-13-19(21)20-8-7-14-5-3-4-6-15(14)12-20/h3-6,9-11H,7-8,12-13H2,1-2H3. The molecule has 0 saturated heterocycles. The van der Waals surface area contributed by atoms with Gasteiger partial charge >= 0.3 is 0 Å². The third kappa shape index (κ3) is 3.62. The number of hydrogen-bond donors (Lipinski definition) is 0. The predicted molar refractivity (Wildman–Crippen MR) is 90.6 cm³/mol. The Balaban J connectivity index is 1.62. The van der Waals surface area contributed by atoms with Gasteiger partial charge < -0.3 is 19.1 Å². The Labute approximate surface area is 141 Å². The number of benzene rings is 2. The van der Waals surface area contributed by atoms with Gasteiger partial charge in [0.25, 0.3) is 5.91 Å². The molecule has 2 aromatic rings. The maximum atomic E-state index is 12.4. The largest absolute Gasteiger partial charge is 0.496 e. The van der Waals surface area contributed by atoms with Gasteiger partial charge in [-0.3, -0.25) is 4.79 Å². The molecule has 0 atom stereocenters. The van der Waals surface area contributed by atoms with Crippen molar-refractivity contribution in [2.75, 3.05) is 27.4 Å². The monoisotopic (exact) mass is 327 g/mol. The Bertz CT molecular complexity index is 707. The quantitative estimate of drug-likeness (QED) is 0.847. The van der Waals surface area contributed by atoms with E-state index in [1.165, 1.54) is 11.1 Å². The van der Waals surface area contributed by atoms with E-state index in [0.29, 0.717) is 23.8 Å². The summed E-state index contributed by atoms with van der Waals surface area (Å²) in [7, 11) is 3.16. The van der Waals surface area contributed by atoms with Gasteiger partial charge in [0, 0.05) is 31.3 Å². The molecule has 0 N–H and O–H groups in total. The number of hydrogen-bond acceptors (Lipinski definition) is 4. The van der Waals surface area contributed by atoms with Crippen LogP contribution in [0.2, 0.25) is 0 Å². The van der Waals surface area contributed by atoms with Crippen LogP contribution in [0.25, 0.3) is 0 Å². The van der Waals surface area contributed by atoms with E-state index in [2.05, 4.69) is 12.1 Å². The minimum Gasteiger partial charge on any atom is -0.496 e. The number of carbonyl (C=O) groups is 1. The highest BCUT2D eigenvalue weighted by atomic mass is 16.5. The van der Waals surface area contributed by atoms with Gasteiger partial charge in [-0.25, -0.2) is 0 Å². The fraction of sp³-hybridized carbons (Fsp3) is 0.316. The highest BCUT2D eigenvalue weighted by molar-refractivity contribution is 5.78. The van der Waals surface area contributed by atoms with Crippen LogP contribution in [0, 0.1) is 0 Å². The van der Waals surface area contributed by atoms with Crippen LogP contribution in [0.4, 0.5) is 0 Å². The third-order valence-corrected chi connectivity index (χ3v) is 4.17. The van der Waals surface area contributed by atoms with Crippen LogP contribution in [0.5, 0.6) is 17.2 Å². The molecule has 0 spiro atoms. The van der Waals surface area contributed by atoms with Crippen molar-refractivity contribution in [1.29, 1.82) is 0 Å². The first-order chi connectivity index (χ1) is 11.7. The number of carbonyl (C=O) groups excluding carboxylic acids is 1.